The Morgan fingerprint density at radius 1 is 1.38 bits per heavy atom. The summed E-state index contributed by atoms with van der Waals surface area (Å²) in [6, 6.07) is 5.98. The van der Waals surface area contributed by atoms with E-state index >= 15 is 0 Å². The second-order valence-corrected chi connectivity index (χ2v) is 2.72. The zero-order valence-electron chi connectivity index (χ0n) is 6.43. The van der Waals surface area contributed by atoms with Crippen molar-refractivity contribution >= 4 is 13.9 Å². The molecule has 6 nitrogen and oxygen atoms in total. The number of hydrazine groups is 1. The third kappa shape index (κ3) is 3.82. The Morgan fingerprint density at radius 3 is 2.54 bits per heavy atom. The molecule has 7 heteroatoms. The van der Waals surface area contributed by atoms with Gasteiger partial charge in [0, 0.05) is 0 Å². The minimum atomic E-state index is -2.93. The van der Waals surface area contributed by atoms with Gasteiger partial charge in [0.1, 0.15) is 5.75 Å². The molecular weight excluding hydrogens is 195 g/mol. The Hall–Kier alpha value is -1.20. The molecule has 13 heavy (non-hydrogen) atoms. The van der Waals surface area contributed by atoms with Gasteiger partial charge in [0.05, 0.1) is 5.69 Å². The van der Waals surface area contributed by atoms with Crippen LogP contribution < -0.4 is 15.9 Å². The van der Waals surface area contributed by atoms with Gasteiger partial charge >= 0.3 is 8.25 Å². The van der Waals surface area contributed by atoms with Crippen LogP contribution in [0, 0.1) is 0 Å². The summed E-state index contributed by atoms with van der Waals surface area (Å²) in [5.74, 6) is 0.126. The summed E-state index contributed by atoms with van der Waals surface area (Å²) in [4.78, 5) is 9.92. The maximum absolute atomic E-state index is 9.92. The molecule has 0 aliphatic heterocycles. The van der Waals surface area contributed by atoms with Crippen molar-refractivity contribution in [1.29, 1.82) is 0 Å². The second kappa shape index (κ2) is 4.74. The van der Waals surface area contributed by atoms with Gasteiger partial charge in [-0.15, -0.1) is 0 Å². The van der Waals surface area contributed by atoms with Crippen LogP contribution in [-0.2, 0) is 9.19 Å². The highest BCUT2D eigenvalue weighted by molar-refractivity contribution is 7.30. The number of benzene rings is 1. The van der Waals surface area contributed by atoms with E-state index in [1.165, 1.54) is 12.1 Å². The van der Waals surface area contributed by atoms with Gasteiger partial charge in [0.25, 0.3) is 0 Å². The molecule has 0 saturated carbocycles. The topological polar surface area (TPSA) is 93.7 Å². The van der Waals surface area contributed by atoms with Gasteiger partial charge < -0.3 is 10.00 Å². The van der Waals surface area contributed by atoms with Crippen LogP contribution in [0.2, 0.25) is 0 Å². The van der Waals surface area contributed by atoms with Crippen molar-refractivity contribution in [2.24, 2.45) is 0 Å². The molecule has 3 N–H and O–H groups in total. The van der Waals surface area contributed by atoms with Crippen molar-refractivity contribution < 1.29 is 19.2 Å². The molecule has 0 spiro atoms. The fourth-order valence-electron chi connectivity index (χ4n) is 0.664. The number of hydrogen-bond donors (Lipinski definition) is 3. The van der Waals surface area contributed by atoms with E-state index in [-0.39, 0.29) is 5.75 Å². The molecule has 0 radical (unpaired) electrons. The van der Waals surface area contributed by atoms with E-state index in [4.69, 9.17) is 5.11 Å². The molecule has 1 aromatic rings. The van der Waals surface area contributed by atoms with Crippen LogP contribution >= 0.6 is 8.25 Å². The van der Waals surface area contributed by atoms with Gasteiger partial charge in [-0.1, -0.05) is 5.59 Å². The zero-order chi connectivity index (χ0) is 9.68. The summed E-state index contributed by atoms with van der Waals surface area (Å²) in [5, 5.41) is 8.89. The smallest absolute Gasteiger partial charge is 0.509 e. The van der Waals surface area contributed by atoms with E-state index in [9.17, 15) is 9.46 Å². The van der Waals surface area contributed by atoms with Crippen LogP contribution in [0.25, 0.3) is 0 Å². The number of nitrogens with one attached hydrogen (secondary N) is 2. The standard InChI is InChI=1S/C6H7N2O4P/c9-6-3-1-5(2-4-6)7-8-12-13(10)11/h1-4,7-9H. The average molecular weight is 202 g/mol. The highest BCUT2D eigenvalue weighted by Crippen LogP contribution is 2.13. The van der Waals surface area contributed by atoms with Crippen LogP contribution in [0.3, 0.4) is 0 Å². The van der Waals surface area contributed by atoms with Gasteiger partial charge in [0.15, 0.2) is 0 Å². The molecule has 0 fully saturated rings. The minimum absolute atomic E-state index is 0.126. The summed E-state index contributed by atoms with van der Waals surface area (Å²) in [5.41, 5.74) is 4.99. The molecule has 1 rings (SSSR count). The van der Waals surface area contributed by atoms with Gasteiger partial charge in [-0.25, -0.2) is 0 Å². The summed E-state index contributed by atoms with van der Waals surface area (Å²) < 4.78 is 13.9. The lowest BCUT2D eigenvalue weighted by molar-refractivity contribution is -0.190. The van der Waals surface area contributed by atoms with Crippen molar-refractivity contribution in [3.8, 4) is 5.75 Å². The number of aromatic hydroxyl groups is 1. The molecule has 0 aromatic heterocycles. The lowest BCUT2D eigenvalue weighted by Crippen LogP contribution is -2.19. The molecule has 1 aromatic carbocycles. The van der Waals surface area contributed by atoms with E-state index in [1.54, 1.807) is 12.1 Å². The quantitative estimate of drug-likeness (QED) is 0.368. The lowest BCUT2D eigenvalue weighted by Gasteiger charge is -2.02. The van der Waals surface area contributed by atoms with E-state index in [1.807, 2.05) is 5.59 Å². The van der Waals surface area contributed by atoms with Gasteiger partial charge in [-0.2, -0.15) is 0 Å². The van der Waals surface area contributed by atoms with Crippen molar-refractivity contribution in [2.75, 3.05) is 5.43 Å². The first-order valence-corrected chi connectivity index (χ1v) is 4.39. The molecule has 0 bridgehead atoms. The number of phenolic OH excluding ortho intramolecular Hbond substituents is 1. The first-order chi connectivity index (χ1) is 6.18. The Balaban J connectivity index is 2.37. The van der Waals surface area contributed by atoms with Crippen molar-refractivity contribution in [3.05, 3.63) is 24.3 Å². The second-order valence-electron chi connectivity index (χ2n) is 2.09. The van der Waals surface area contributed by atoms with Crippen LogP contribution in [0.15, 0.2) is 24.3 Å². The maximum atomic E-state index is 9.92. The molecule has 1 unspecified atom stereocenters. The fraction of sp³-hybridized carbons (Fsp3) is 0. The molecule has 1 atom stereocenters. The van der Waals surface area contributed by atoms with Gasteiger partial charge in [-0.05, 0) is 33.5 Å². The van der Waals surface area contributed by atoms with Crippen LogP contribution in [0.4, 0.5) is 5.69 Å². The van der Waals surface area contributed by atoms with Crippen LogP contribution in [0.1, 0.15) is 0 Å². The number of phenols is 1. The lowest BCUT2D eigenvalue weighted by atomic mass is 10.3. The van der Waals surface area contributed by atoms with Crippen molar-refractivity contribution in [1.82, 2.24) is 5.59 Å². The van der Waals surface area contributed by atoms with E-state index in [0.29, 0.717) is 5.69 Å². The fourth-order valence-corrected chi connectivity index (χ4v) is 0.784. The molecule has 0 aliphatic rings. The monoisotopic (exact) mass is 202 g/mol. The first-order valence-electron chi connectivity index (χ1n) is 3.30. The molecule has 0 heterocycles. The predicted octanol–water partition coefficient (Wildman–Crippen LogP) is 0.258. The Labute approximate surface area is 75.0 Å². The first kappa shape index (κ1) is 9.88. The normalized spacial score (nSPS) is 11.0. The third-order valence-corrected chi connectivity index (χ3v) is 1.42. The zero-order valence-corrected chi connectivity index (χ0v) is 7.32. The summed E-state index contributed by atoms with van der Waals surface area (Å²) in [6.45, 7) is 0. The number of hydrogen-bond acceptors (Lipinski definition) is 6. The van der Waals surface area contributed by atoms with Crippen molar-refractivity contribution in [2.45, 2.75) is 0 Å². The van der Waals surface area contributed by atoms with Crippen LogP contribution in [0.5, 0.6) is 5.75 Å². The molecule has 0 aliphatic carbocycles. The molecule has 0 saturated heterocycles. The SMILES string of the molecule is O=[P+]([O-])ONNc1ccc(O)cc1. The highest BCUT2D eigenvalue weighted by Gasteiger charge is 1.99. The largest absolute Gasteiger partial charge is 0.565 e. The summed E-state index contributed by atoms with van der Waals surface area (Å²) in [7, 11) is -2.93. The summed E-state index contributed by atoms with van der Waals surface area (Å²) >= 11 is 0. The average Bonchev–Trinajstić information content (AvgIpc) is 2.08. The number of rotatable bonds is 4. The predicted molar refractivity (Wildman–Crippen MR) is 43.6 cm³/mol. The Kier molecular flexibility index (Phi) is 3.60. The van der Waals surface area contributed by atoms with Gasteiger partial charge in [-0.3, -0.25) is 5.43 Å². The van der Waals surface area contributed by atoms with E-state index in [0.717, 1.165) is 0 Å². The van der Waals surface area contributed by atoms with Crippen molar-refractivity contribution in [3.63, 3.8) is 0 Å². The highest BCUT2D eigenvalue weighted by atomic mass is 31.1. The molecule has 0 amide bonds. The Bertz CT molecular complexity index is 289. The molecule has 70 valence electrons. The van der Waals surface area contributed by atoms with Crippen LogP contribution in [-0.4, -0.2) is 5.11 Å². The van der Waals surface area contributed by atoms with E-state index < -0.39 is 8.25 Å². The third-order valence-electron chi connectivity index (χ3n) is 1.18. The summed E-state index contributed by atoms with van der Waals surface area (Å²) in [6.07, 6.45) is 0. The van der Waals surface area contributed by atoms with E-state index in [2.05, 4.69) is 10.1 Å². The van der Waals surface area contributed by atoms with Gasteiger partial charge in [0.2, 0.25) is 0 Å². The Morgan fingerprint density at radius 2 is 2.00 bits per heavy atom. The molecular formula is C6H7N2O4P. The number of anilines is 1. The minimum Gasteiger partial charge on any atom is -0.565 e. The maximum Gasteiger partial charge on any atom is 0.509 e.